The maximum atomic E-state index is 10.5. The highest BCUT2D eigenvalue weighted by molar-refractivity contribution is 5.82. The maximum Gasteiger partial charge on any atom is 0.150 e. The van der Waals surface area contributed by atoms with Crippen molar-refractivity contribution in [3.63, 3.8) is 0 Å². The Morgan fingerprint density at radius 2 is 1.94 bits per heavy atom. The first kappa shape index (κ1) is 11.9. The molecule has 0 amide bonds. The molecular formula is C13H9O5-. The first-order valence-corrected chi connectivity index (χ1v) is 5.17. The Kier molecular flexibility index (Phi) is 3.43. The van der Waals surface area contributed by atoms with Crippen LogP contribution < -0.4 is 9.84 Å². The molecule has 5 heteroatoms. The van der Waals surface area contributed by atoms with Crippen LogP contribution in [0.1, 0.15) is 26.7 Å². The largest absolute Gasteiger partial charge is 0.542 e. The Hall–Kier alpha value is -2.56. The molecular weight excluding hydrogens is 236 g/mol. The van der Waals surface area contributed by atoms with Gasteiger partial charge in [0.1, 0.15) is 36.1 Å². The third-order valence-electron chi connectivity index (χ3n) is 2.26. The topological polar surface area (TPSA) is 79.6 Å². The monoisotopic (exact) mass is 245 g/mol. The summed E-state index contributed by atoms with van der Waals surface area (Å²) in [5.74, 6) is -0.651. The standard InChI is InChI=1S/C13H10O5/c14-7-9-1-3-10(4-2-9)17-8-11-5-6-12(18-11)13(15)16/h1-7H,8H2,(H,15,16)/p-1. The van der Waals surface area contributed by atoms with Crippen molar-refractivity contribution in [2.24, 2.45) is 0 Å². The molecule has 0 N–H and O–H groups in total. The number of furan rings is 1. The van der Waals surface area contributed by atoms with E-state index in [1.165, 1.54) is 12.1 Å². The number of carbonyl (C=O) groups excluding carboxylic acids is 2. The molecule has 0 radical (unpaired) electrons. The fourth-order valence-electron chi connectivity index (χ4n) is 1.36. The second kappa shape index (κ2) is 5.18. The minimum atomic E-state index is -1.36. The maximum absolute atomic E-state index is 10.5. The molecule has 2 rings (SSSR count). The molecule has 0 spiro atoms. The normalized spacial score (nSPS) is 10.0. The number of hydrogen-bond donors (Lipinski definition) is 0. The van der Waals surface area contributed by atoms with Crippen LogP contribution in [0.15, 0.2) is 40.8 Å². The molecule has 1 aromatic heterocycles. The highest BCUT2D eigenvalue weighted by atomic mass is 16.5. The first-order chi connectivity index (χ1) is 8.69. The summed E-state index contributed by atoms with van der Waals surface area (Å²) in [6.07, 6.45) is 0.739. The van der Waals surface area contributed by atoms with Crippen molar-refractivity contribution in [1.82, 2.24) is 0 Å². The number of benzene rings is 1. The summed E-state index contributed by atoms with van der Waals surface area (Å²) in [6.45, 7) is 0.105. The number of aromatic carboxylic acids is 1. The zero-order chi connectivity index (χ0) is 13.0. The number of carbonyl (C=O) groups is 2. The van der Waals surface area contributed by atoms with E-state index < -0.39 is 5.97 Å². The molecule has 0 aliphatic carbocycles. The van der Waals surface area contributed by atoms with E-state index >= 15 is 0 Å². The lowest BCUT2D eigenvalue weighted by Gasteiger charge is -2.04. The van der Waals surface area contributed by atoms with Crippen LogP contribution in [-0.4, -0.2) is 12.3 Å². The van der Waals surface area contributed by atoms with E-state index in [4.69, 9.17) is 9.15 Å². The van der Waals surface area contributed by atoms with Gasteiger partial charge in [0.25, 0.3) is 0 Å². The van der Waals surface area contributed by atoms with Gasteiger partial charge in [-0.15, -0.1) is 0 Å². The van der Waals surface area contributed by atoms with E-state index in [9.17, 15) is 14.7 Å². The molecule has 0 bridgehead atoms. The van der Waals surface area contributed by atoms with Crippen molar-refractivity contribution >= 4 is 12.3 Å². The molecule has 0 saturated heterocycles. The SMILES string of the molecule is O=Cc1ccc(OCc2ccc(C(=O)[O-])o2)cc1. The number of hydrogen-bond acceptors (Lipinski definition) is 5. The zero-order valence-corrected chi connectivity index (χ0v) is 9.29. The lowest BCUT2D eigenvalue weighted by Crippen LogP contribution is -2.21. The molecule has 18 heavy (non-hydrogen) atoms. The molecule has 5 nitrogen and oxygen atoms in total. The van der Waals surface area contributed by atoms with Gasteiger partial charge in [-0.2, -0.15) is 0 Å². The molecule has 92 valence electrons. The van der Waals surface area contributed by atoms with Gasteiger partial charge in [0.15, 0.2) is 0 Å². The Morgan fingerprint density at radius 1 is 1.22 bits per heavy atom. The van der Waals surface area contributed by atoms with E-state index in [0.717, 1.165) is 6.29 Å². The van der Waals surface area contributed by atoms with Crippen LogP contribution in [0.3, 0.4) is 0 Å². The van der Waals surface area contributed by atoms with Crippen LogP contribution in [0.25, 0.3) is 0 Å². The van der Waals surface area contributed by atoms with Gasteiger partial charge in [-0.25, -0.2) is 0 Å². The van der Waals surface area contributed by atoms with Gasteiger partial charge in [0.2, 0.25) is 0 Å². The van der Waals surface area contributed by atoms with Gasteiger partial charge in [-0.05, 0) is 36.4 Å². The van der Waals surface area contributed by atoms with Gasteiger partial charge in [-0.1, -0.05) is 0 Å². The number of carboxylic acid groups (broad SMARTS) is 1. The van der Waals surface area contributed by atoms with Crippen LogP contribution in [0.2, 0.25) is 0 Å². The predicted molar refractivity (Wildman–Crippen MR) is 59.2 cm³/mol. The van der Waals surface area contributed by atoms with Crippen LogP contribution in [0.4, 0.5) is 0 Å². The number of rotatable bonds is 5. The van der Waals surface area contributed by atoms with Gasteiger partial charge in [0.05, 0.1) is 0 Å². The highest BCUT2D eigenvalue weighted by Gasteiger charge is 2.03. The smallest absolute Gasteiger partial charge is 0.150 e. The van der Waals surface area contributed by atoms with Gasteiger partial charge < -0.3 is 19.1 Å². The van der Waals surface area contributed by atoms with Gasteiger partial charge >= 0.3 is 0 Å². The van der Waals surface area contributed by atoms with Crippen LogP contribution in [0.5, 0.6) is 5.75 Å². The number of aldehydes is 1. The third-order valence-corrected chi connectivity index (χ3v) is 2.26. The van der Waals surface area contributed by atoms with Crippen molar-refractivity contribution in [2.75, 3.05) is 0 Å². The minimum absolute atomic E-state index is 0.105. The van der Waals surface area contributed by atoms with Crippen LogP contribution in [-0.2, 0) is 6.61 Å². The van der Waals surface area contributed by atoms with Crippen LogP contribution >= 0.6 is 0 Å². The summed E-state index contributed by atoms with van der Waals surface area (Å²) in [6, 6.07) is 9.35. The summed E-state index contributed by atoms with van der Waals surface area (Å²) in [5, 5.41) is 10.5. The molecule has 0 aliphatic heterocycles. The molecule has 0 unspecified atom stereocenters. The summed E-state index contributed by atoms with van der Waals surface area (Å²) < 4.78 is 10.3. The van der Waals surface area contributed by atoms with Crippen molar-refractivity contribution in [3.8, 4) is 5.75 Å². The third kappa shape index (κ3) is 2.76. The van der Waals surface area contributed by atoms with Gasteiger partial charge in [0, 0.05) is 5.56 Å². The Morgan fingerprint density at radius 3 is 2.50 bits per heavy atom. The summed E-state index contributed by atoms with van der Waals surface area (Å²) in [5.41, 5.74) is 0.555. The molecule has 1 aromatic carbocycles. The summed E-state index contributed by atoms with van der Waals surface area (Å²) >= 11 is 0. The lowest BCUT2D eigenvalue weighted by atomic mass is 10.2. The fourth-order valence-corrected chi connectivity index (χ4v) is 1.36. The molecule has 0 saturated carbocycles. The van der Waals surface area contributed by atoms with Gasteiger partial charge in [-0.3, -0.25) is 4.79 Å². The molecule has 1 heterocycles. The second-order valence-corrected chi connectivity index (χ2v) is 3.53. The van der Waals surface area contributed by atoms with Crippen molar-refractivity contribution < 1.29 is 23.8 Å². The number of carboxylic acids is 1. The molecule has 0 aliphatic rings. The van der Waals surface area contributed by atoms with E-state index in [0.29, 0.717) is 17.1 Å². The van der Waals surface area contributed by atoms with E-state index in [1.807, 2.05) is 0 Å². The minimum Gasteiger partial charge on any atom is -0.542 e. The highest BCUT2D eigenvalue weighted by Crippen LogP contribution is 2.14. The van der Waals surface area contributed by atoms with Crippen molar-refractivity contribution in [3.05, 3.63) is 53.5 Å². The predicted octanol–water partition coefficient (Wildman–Crippen LogP) is 1.03. The molecule has 2 aromatic rings. The van der Waals surface area contributed by atoms with E-state index in [-0.39, 0.29) is 12.4 Å². The average molecular weight is 245 g/mol. The Balaban J connectivity index is 1.97. The number of ether oxygens (including phenoxy) is 1. The first-order valence-electron chi connectivity index (χ1n) is 5.17. The Labute approximate surface area is 103 Å². The average Bonchev–Trinajstić information content (AvgIpc) is 2.86. The van der Waals surface area contributed by atoms with E-state index in [1.54, 1.807) is 24.3 Å². The molecule has 0 atom stereocenters. The Bertz CT molecular complexity index is 553. The molecule has 0 fully saturated rings. The lowest BCUT2D eigenvalue weighted by molar-refractivity contribution is -0.257. The van der Waals surface area contributed by atoms with Crippen LogP contribution in [0, 0.1) is 0 Å². The van der Waals surface area contributed by atoms with Crippen molar-refractivity contribution in [2.45, 2.75) is 6.61 Å². The summed E-state index contributed by atoms with van der Waals surface area (Å²) in [7, 11) is 0. The van der Waals surface area contributed by atoms with E-state index in [2.05, 4.69) is 0 Å². The zero-order valence-electron chi connectivity index (χ0n) is 9.29. The second-order valence-electron chi connectivity index (χ2n) is 3.53. The fraction of sp³-hybridized carbons (Fsp3) is 0.0769. The quantitative estimate of drug-likeness (QED) is 0.735. The van der Waals surface area contributed by atoms with Crippen molar-refractivity contribution in [1.29, 1.82) is 0 Å². The summed E-state index contributed by atoms with van der Waals surface area (Å²) in [4.78, 5) is 20.9.